The van der Waals surface area contributed by atoms with Crippen LogP contribution in [0.1, 0.15) is 36.2 Å². The molecule has 6 nitrogen and oxygen atoms in total. The van der Waals surface area contributed by atoms with E-state index in [1.165, 1.54) is 0 Å². The Labute approximate surface area is 163 Å². The summed E-state index contributed by atoms with van der Waals surface area (Å²) in [4.78, 5) is 30.6. The van der Waals surface area contributed by atoms with Gasteiger partial charge in [0.25, 0.3) is 5.91 Å². The Bertz CT molecular complexity index is 618. The van der Waals surface area contributed by atoms with Gasteiger partial charge in [0.05, 0.1) is 6.61 Å². The minimum Gasteiger partial charge on any atom is -0.383 e. The average molecular weight is 376 g/mol. The highest BCUT2D eigenvalue weighted by Crippen LogP contribution is 2.17. The summed E-state index contributed by atoms with van der Waals surface area (Å²) in [7, 11) is 5.20. The molecule has 150 valence electrons. The van der Waals surface area contributed by atoms with Gasteiger partial charge in [0.15, 0.2) is 0 Å². The van der Waals surface area contributed by atoms with Crippen molar-refractivity contribution >= 4 is 11.8 Å². The SMILES string of the molecule is COCCN1C(C)CN(C(=O)CCc2ccc(C(=O)N(C)C)cc2)CC1C. The molecule has 1 aromatic rings. The van der Waals surface area contributed by atoms with Crippen LogP contribution in [-0.2, 0) is 16.0 Å². The summed E-state index contributed by atoms with van der Waals surface area (Å²) < 4.78 is 5.19. The van der Waals surface area contributed by atoms with Gasteiger partial charge < -0.3 is 14.5 Å². The minimum absolute atomic E-state index is 0.00746. The number of rotatable bonds is 7. The number of aryl methyl sites for hydroxylation is 1. The number of carbonyl (C=O) groups excluding carboxylic acids is 2. The van der Waals surface area contributed by atoms with E-state index in [2.05, 4.69) is 18.7 Å². The van der Waals surface area contributed by atoms with Gasteiger partial charge in [-0.2, -0.15) is 0 Å². The number of hydrogen-bond acceptors (Lipinski definition) is 4. The topological polar surface area (TPSA) is 53.1 Å². The maximum Gasteiger partial charge on any atom is 0.253 e. The number of amides is 2. The molecule has 27 heavy (non-hydrogen) atoms. The van der Waals surface area contributed by atoms with E-state index in [4.69, 9.17) is 4.74 Å². The first-order chi connectivity index (χ1) is 12.8. The fourth-order valence-corrected chi connectivity index (χ4v) is 3.68. The molecule has 2 amide bonds. The molecule has 0 N–H and O–H groups in total. The van der Waals surface area contributed by atoms with Crippen molar-refractivity contribution in [2.45, 2.75) is 38.8 Å². The van der Waals surface area contributed by atoms with Crippen LogP contribution >= 0.6 is 0 Å². The number of hydrogen-bond donors (Lipinski definition) is 0. The van der Waals surface area contributed by atoms with Crippen molar-refractivity contribution < 1.29 is 14.3 Å². The van der Waals surface area contributed by atoms with Gasteiger partial charge >= 0.3 is 0 Å². The maximum atomic E-state index is 12.7. The molecule has 0 aromatic heterocycles. The van der Waals surface area contributed by atoms with E-state index in [1.54, 1.807) is 26.1 Å². The smallest absolute Gasteiger partial charge is 0.253 e. The number of methoxy groups -OCH3 is 1. The highest BCUT2D eigenvalue weighted by molar-refractivity contribution is 5.93. The standard InChI is InChI=1S/C21H33N3O3/c1-16-14-23(15-17(2)24(16)12-13-27-5)20(25)11-8-18-6-9-19(10-7-18)21(26)22(3)4/h6-7,9-10,16-17H,8,11-15H2,1-5H3. The zero-order valence-electron chi connectivity index (χ0n) is 17.3. The Morgan fingerprint density at radius 2 is 1.70 bits per heavy atom. The quantitative estimate of drug-likeness (QED) is 0.730. The minimum atomic E-state index is -0.00746. The number of ether oxygens (including phenoxy) is 1. The van der Waals surface area contributed by atoms with Gasteiger partial charge in [-0.05, 0) is 38.0 Å². The third-order valence-corrected chi connectivity index (χ3v) is 5.24. The lowest BCUT2D eigenvalue weighted by molar-refractivity contribution is -0.135. The van der Waals surface area contributed by atoms with Crippen LogP contribution in [0.2, 0.25) is 0 Å². The highest BCUT2D eigenvalue weighted by atomic mass is 16.5. The molecule has 6 heteroatoms. The second kappa shape index (κ2) is 9.85. The number of carbonyl (C=O) groups is 2. The van der Waals surface area contributed by atoms with Crippen molar-refractivity contribution in [3.05, 3.63) is 35.4 Å². The van der Waals surface area contributed by atoms with E-state index >= 15 is 0 Å². The summed E-state index contributed by atoms with van der Waals surface area (Å²) in [6.07, 6.45) is 1.19. The van der Waals surface area contributed by atoms with Gasteiger partial charge in [-0.25, -0.2) is 0 Å². The molecule has 2 unspecified atom stereocenters. The fraction of sp³-hybridized carbons (Fsp3) is 0.619. The van der Waals surface area contributed by atoms with Crippen LogP contribution in [0.5, 0.6) is 0 Å². The van der Waals surface area contributed by atoms with Crippen molar-refractivity contribution in [1.29, 1.82) is 0 Å². The predicted molar refractivity (Wildman–Crippen MR) is 107 cm³/mol. The van der Waals surface area contributed by atoms with Crippen LogP contribution in [0.15, 0.2) is 24.3 Å². The van der Waals surface area contributed by atoms with E-state index in [-0.39, 0.29) is 11.8 Å². The molecule has 1 saturated heterocycles. The monoisotopic (exact) mass is 375 g/mol. The molecule has 0 aliphatic carbocycles. The molecule has 0 bridgehead atoms. The zero-order chi connectivity index (χ0) is 20.0. The van der Waals surface area contributed by atoms with Crippen LogP contribution in [0.25, 0.3) is 0 Å². The molecular formula is C21H33N3O3. The molecular weight excluding hydrogens is 342 g/mol. The summed E-state index contributed by atoms with van der Waals surface area (Å²) in [6.45, 7) is 7.50. The lowest BCUT2D eigenvalue weighted by atomic mass is 10.0. The normalized spacial score (nSPS) is 20.6. The maximum absolute atomic E-state index is 12.7. The molecule has 0 spiro atoms. The average Bonchev–Trinajstić information content (AvgIpc) is 2.65. The summed E-state index contributed by atoms with van der Waals surface area (Å²) in [5, 5.41) is 0. The van der Waals surface area contributed by atoms with Crippen molar-refractivity contribution in [3.8, 4) is 0 Å². The van der Waals surface area contributed by atoms with Crippen molar-refractivity contribution in [3.63, 3.8) is 0 Å². The predicted octanol–water partition coefficient (Wildman–Crippen LogP) is 1.89. The molecule has 2 rings (SSSR count). The van der Waals surface area contributed by atoms with Crippen LogP contribution < -0.4 is 0 Å². The molecule has 1 heterocycles. The van der Waals surface area contributed by atoms with Crippen molar-refractivity contribution in [2.75, 3.05) is 47.4 Å². The Hall–Kier alpha value is -1.92. The first-order valence-corrected chi connectivity index (χ1v) is 9.66. The first-order valence-electron chi connectivity index (χ1n) is 9.66. The Kier molecular flexibility index (Phi) is 7.80. The third kappa shape index (κ3) is 5.78. The first kappa shape index (κ1) is 21.4. The van der Waals surface area contributed by atoms with E-state index in [0.717, 1.165) is 31.8 Å². The number of benzene rings is 1. The molecule has 1 aliphatic rings. The van der Waals surface area contributed by atoms with Gasteiger partial charge in [-0.15, -0.1) is 0 Å². The van der Waals surface area contributed by atoms with Gasteiger partial charge in [-0.1, -0.05) is 12.1 Å². The van der Waals surface area contributed by atoms with Crippen LogP contribution in [0.3, 0.4) is 0 Å². The molecule has 0 saturated carbocycles. The summed E-state index contributed by atoms with van der Waals surface area (Å²) in [5.41, 5.74) is 1.75. The van der Waals surface area contributed by atoms with E-state index < -0.39 is 0 Å². The molecule has 1 fully saturated rings. The van der Waals surface area contributed by atoms with Gasteiger partial charge in [0.1, 0.15) is 0 Å². The van der Waals surface area contributed by atoms with Gasteiger partial charge in [0, 0.05) is 64.9 Å². The van der Waals surface area contributed by atoms with Crippen LogP contribution in [0.4, 0.5) is 0 Å². The Morgan fingerprint density at radius 3 is 2.22 bits per heavy atom. The summed E-state index contributed by atoms with van der Waals surface area (Å²) in [5.74, 6) is 0.195. The number of piperazine rings is 1. The second-order valence-corrected chi connectivity index (χ2v) is 7.62. The van der Waals surface area contributed by atoms with Crippen LogP contribution in [-0.4, -0.2) is 86.0 Å². The highest BCUT2D eigenvalue weighted by Gasteiger charge is 2.31. The lowest BCUT2D eigenvalue weighted by Gasteiger charge is -2.44. The molecule has 1 aliphatic heterocycles. The van der Waals surface area contributed by atoms with E-state index in [0.29, 0.717) is 30.5 Å². The van der Waals surface area contributed by atoms with Crippen molar-refractivity contribution in [2.24, 2.45) is 0 Å². The van der Waals surface area contributed by atoms with Gasteiger partial charge in [-0.3, -0.25) is 14.5 Å². The third-order valence-electron chi connectivity index (χ3n) is 5.24. The fourth-order valence-electron chi connectivity index (χ4n) is 3.68. The number of nitrogens with zero attached hydrogens (tertiary/aromatic N) is 3. The second-order valence-electron chi connectivity index (χ2n) is 7.62. The van der Waals surface area contributed by atoms with Gasteiger partial charge in [0.2, 0.25) is 5.91 Å². The summed E-state index contributed by atoms with van der Waals surface area (Å²) >= 11 is 0. The van der Waals surface area contributed by atoms with Crippen molar-refractivity contribution in [1.82, 2.24) is 14.7 Å². The summed E-state index contributed by atoms with van der Waals surface area (Å²) in [6, 6.07) is 8.23. The largest absolute Gasteiger partial charge is 0.383 e. The zero-order valence-corrected chi connectivity index (χ0v) is 17.3. The van der Waals surface area contributed by atoms with E-state index in [9.17, 15) is 9.59 Å². The van der Waals surface area contributed by atoms with Crippen LogP contribution in [0, 0.1) is 0 Å². The Balaban J connectivity index is 1.86. The molecule has 2 atom stereocenters. The molecule has 0 radical (unpaired) electrons. The Morgan fingerprint density at radius 1 is 1.11 bits per heavy atom. The molecule has 1 aromatic carbocycles. The lowest BCUT2D eigenvalue weighted by Crippen LogP contribution is -2.58. The van der Waals surface area contributed by atoms with E-state index in [1.807, 2.05) is 29.2 Å².